The molecule has 1 unspecified atom stereocenters. The van der Waals surface area contributed by atoms with Crippen LogP contribution in [0.25, 0.3) is 5.57 Å². The molecule has 0 heterocycles. The summed E-state index contributed by atoms with van der Waals surface area (Å²) in [7, 11) is 0.132. The molecule has 1 aromatic rings. The number of nitrogens with two attached hydrogens (primary N) is 1. The van der Waals surface area contributed by atoms with Crippen LogP contribution in [0, 0.1) is 0 Å². The van der Waals surface area contributed by atoms with Crippen molar-refractivity contribution in [3.05, 3.63) is 65.1 Å². The van der Waals surface area contributed by atoms with E-state index in [0.717, 1.165) is 10.5 Å². The van der Waals surface area contributed by atoms with Gasteiger partial charge in [0.1, 0.15) is 8.96 Å². The van der Waals surface area contributed by atoms with Gasteiger partial charge < -0.3 is 5.73 Å². The van der Waals surface area contributed by atoms with Gasteiger partial charge in [-0.3, -0.25) is 3.97 Å². The van der Waals surface area contributed by atoms with Crippen molar-refractivity contribution >= 4 is 39.4 Å². The first kappa shape index (κ1) is 17.5. The average molecular weight is 326 g/mol. The number of hydrogen-bond donors (Lipinski definition) is 3. The lowest BCUT2D eigenvalue weighted by atomic mass is 10.0. The van der Waals surface area contributed by atoms with E-state index < -0.39 is 0 Å². The highest BCUT2D eigenvalue weighted by molar-refractivity contribution is 8.04. The summed E-state index contributed by atoms with van der Waals surface area (Å²) in [4.78, 5) is 1.01. The quantitative estimate of drug-likeness (QED) is 0.167. The highest BCUT2D eigenvalue weighted by atomic mass is 32.2. The highest BCUT2D eigenvalue weighted by Gasteiger charge is 2.01. The Balaban J connectivity index is 2.83. The molecule has 0 aromatic heterocycles. The Morgan fingerprint density at radius 2 is 2.25 bits per heavy atom. The van der Waals surface area contributed by atoms with Crippen molar-refractivity contribution in [3.63, 3.8) is 0 Å². The summed E-state index contributed by atoms with van der Waals surface area (Å²) in [5, 5.41) is 0. The second kappa shape index (κ2) is 10.2. The van der Waals surface area contributed by atoms with Gasteiger partial charge in [-0.1, -0.05) is 43.0 Å². The maximum atomic E-state index is 5.76. The minimum absolute atomic E-state index is 0.132. The van der Waals surface area contributed by atoms with E-state index in [0.29, 0.717) is 6.54 Å². The van der Waals surface area contributed by atoms with Crippen LogP contribution in [-0.4, -0.2) is 0 Å². The molecule has 3 N–H and O–H groups in total. The van der Waals surface area contributed by atoms with Gasteiger partial charge in [0, 0.05) is 11.4 Å². The third-order valence-corrected chi connectivity index (χ3v) is 4.26. The second-order valence-corrected chi connectivity index (χ2v) is 6.31. The van der Waals surface area contributed by atoms with Crippen molar-refractivity contribution in [3.8, 4) is 0 Å². The molecule has 0 aliphatic heterocycles. The zero-order valence-electron chi connectivity index (χ0n) is 11.3. The van der Waals surface area contributed by atoms with Gasteiger partial charge in [0.15, 0.2) is 0 Å². The van der Waals surface area contributed by atoms with Gasteiger partial charge in [0.05, 0.1) is 0 Å². The van der Waals surface area contributed by atoms with Crippen LogP contribution in [0.1, 0.15) is 18.1 Å². The normalized spacial score (nSPS) is 13.2. The minimum atomic E-state index is 0.132. The Bertz CT molecular complexity index is 504. The Morgan fingerprint density at radius 3 is 2.90 bits per heavy atom. The van der Waals surface area contributed by atoms with Crippen molar-refractivity contribution in [2.75, 3.05) is 0 Å². The summed E-state index contributed by atoms with van der Waals surface area (Å²) in [5.74, 6) is 0. The monoisotopic (exact) mass is 326 g/mol. The predicted octanol–water partition coefficient (Wildman–Crippen LogP) is 4.23. The van der Waals surface area contributed by atoms with Gasteiger partial charge in [-0.05, 0) is 54.6 Å². The van der Waals surface area contributed by atoms with E-state index >= 15 is 0 Å². The SMILES string of the molecule is C=C/C(=C\C=C(/C)c1ccccc1CN)SNPOS. The van der Waals surface area contributed by atoms with Crippen molar-refractivity contribution in [2.45, 2.75) is 13.5 Å². The average Bonchev–Trinajstić information content (AvgIpc) is 2.50. The second-order valence-electron chi connectivity index (χ2n) is 3.88. The van der Waals surface area contributed by atoms with Crippen LogP contribution >= 0.6 is 33.8 Å². The van der Waals surface area contributed by atoms with Crippen molar-refractivity contribution in [1.82, 2.24) is 4.49 Å². The Kier molecular flexibility index (Phi) is 8.94. The molecule has 108 valence electrons. The molecular weight excluding hydrogens is 307 g/mol. The number of hydrogen-bond acceptors (Lipinski definition) is 5. The summed E-state index contributed by atoms with van der Waals surface area (Å²) >= 11 is 5.13. The van der Waals surface area contributed by atoms with Crippen molar-refractivity contribution in [2.24, 2.45) is 5.73 Å². The first-order valence-corrected chi connectivity index (χ1v) is 8.08. The molecule has 0 fully saturated rings. The van der Waals surface area contributed by atoms with Crippen LogP contribution in [0.3, 0.4) is 0 Å². The zero-order valence-corrected chi connectivity index (χ0v) is 14.0. The third-order valence-electron chi connectivity index (χ3n) is 2.62. The zero-order chi connectivity index (χ0) is 14.8. The van der Waals surface area contributed by atoms with E-state index in [1.165, 1.54) is 23.1 Å². The fourth-order valence-corrected chi connectivity index (χ4v) is 2.96. The lowest BCUT2D eigenvalue weighted by Crippen LogP contribution is -1.99. The number of rotatable bonds is 8. The third kappa shape index (κ3) is 5.83. The van der Waals surface area contributed by atoms with Crippen molar-refractivity contribution in [1.29, 1.82) is 0 Å². The molecule has 0 radical (unpaired) electrons. The molecule has 1 atom stereocenters. The van der Waals surface area contributed by atoms with E-state index in [2.05, 4.69) is 47.0 Å². The Morgan fingerprint density at radius 1 is 1.50 bits per heavy atom. The largest absolute Gasteiger partial charge is 0.326 e. The summed E-state index contributed by atoms with van der Waals surface area (Å²) in [6.45, 7) is 6.40. The topological polar surface area (TPSA) is 47.3 Å². The molecule has 0 spiro atoms. The van der Waals surface area contributed by atoms with Crippen LogP contribution < -0.4 is 10.2 Å². The van der Waals surface area contributed by atoms with Crippen LogP contribution in [0.15, 0.2) is 54.0 Å². The van der Waals surface area contributed by atoms with Gasteiger partial charge >= 0.3 is 0 Å². The van der Waals surface area contributed by atoms with E-state index in [1.54, 1.807) is 6.08 Å². The standard InChI is InChI=1S/C14H19N2OPS2/c1-3-13(20-16-18-17-19)9-8-11(2)14-7-5-4-6-12(14)10-15/h3-9,16,18-19H,1,10,15H2,2H3/b11-8+,13-9+. The predicted molar refractivity (Wildman–Crippen MR) is 95.4 cm³/mol. The maximum absolute atomic E-state index is 5.76. The fraction of sp³-hybridized carbons (Fsp3) is 0.143. The van der Waals surface area contributed by atoms with Gasteiger partial charge in [-0.15, -0.1) is 0 Å². The number of thiol groups is 1. The molecule has 20 heavy (non-hydrogen) atoms. The van der Waals surface area contributed by atoms with Crippen LogP contribution in [0.2, 0.25) is 0 Å². The first-order valence-electron chi connectivity index (χ1n) is 5.99. The van der Waals surface area contributed by atoms with Gasteiger partial charge in [-0.2, -0.15) is 0 Å². The van der Waals surface area contributed by atoms with Gasteiger partial charge in [0.25, 0.3) is 0 Å². The molecule has 3 nitrogen and oxygen atoms in total. The van der Waals surface area contributed by atoms with Crippen molar-refractivity contribution < 1.29 is 3.97 Å². The smallest absolute Gasteiger partial charge is 0.113 e. The molecule has 0 amide bonds. The van der Waals surface area contributed by atoms with Crippen LogP contribution in [-0.2, 0) is 10.5 Å². The highest BCUT2D eigenvalue weighted by Crippen LogP contribution is 2.23. The maximum Gasteiger partial charge on any atom is 0.113 e. The number of nitrogens with one attached hydrogen (secondary N) is 1. The molecule has 0 bridgehead atoms. The van der Waals surface area contributed by atoms with E-state index in [9.17, 15) is 0 Å². The lowest BCUT2D eigenvalue weighted by molar-refractivity contribution is 0.753. The van der Waals surface area contributed by atoms with Gasteiger partial charge in [0.2, 0.25) is 0 Å². The molecule has 6 heteroatoms. The van der Waals surface area contributed by atoms with Crippen LogP contribution in [0.4, 0.5) is 0 Å². The molecule has 1 aromatic carbocycles. The molecule has 1 rings (SSSR count). The molecule has 0 saturated heterocycles. The summed E-state index contributed by atoms with van der Waals surface area (Å²) in [6, 6.07) is 8.15. The minimum Gasteiger partial charge on any atom is -0.326 e. The lowest BCUT2D eigenvalue weighted by Gasteiger charge is -2.07. The van der Waals surface area contributed by atoms with E-state index in [-0.39, 0.29) is 8.96 Å². The Labute approximate surface area is 132 Å². The summed E-state index contributed by atoms with van der Waals surface area (Å²) in [5.41, 5.74) is 9.24. The molecular formula is C14H19N2OPS2. The van der Waals surface area contributed by atoms with E-state index in [1.807, 2.05) is 24.3 Å². The fourth-order valence-electron chi connectivity index (χ4n) is 1.62. The van der Waals surface area contributed by atoms with E-state index in [4.69, 9.17) is 5.73 Å². The summed E-state index contributed by atoms with van der Waals surface area (Å²) in [6.07, 6.45) is 5.86. The molecule has 0 saturated carbocycles. The number of benzene rings is 1. The molecule has 0 aliphatic rings. The summed E-state index contributed by atoms with van der Waals surface area (Å²) < 4.78 is 7.69. The molecule has 0 aliphatic carbocycles. The Hall–Kier alpha value is -0.550. The van der Waals surface area contributed by atoms with Gasteiger partial charge in [-0.25, -0.2) is 4.49 Å². The first-order chi connectivity index (χ1) is 9.72. The number of allylic oxidation sites excluding steroid dienone is 4. The van der Waals surface area contributed by atoms with Crippen LogP contribution in [0.5, 0.6) is 0 Å².